The molecule has 0 aliphatic carbocycles. The van der Waals surface area contributed by atoms with Crippen molar-refractivity contribution in [1.82, 2.24) is 4.98 Å². The van der Waals surface area contributed by atoms with E-state index in [1.165, 1.54) is 12.1 Å². The number of rotatable bonds is 3. The second-order valence-electron chi connectivity index (χ2n) is 4.89. The zero-order chi connectivity index (χ0) is 15.9. The van der Waals surface area contributed by atoms with Crippen LogP contribution >= 0.6 is 23.2 Å². The molecule has 3 rings (SSSR count). The third-order valence-corrected chi connectivity index (χ3v) is 4.14. The number of aliphatic carboxylic acids is 1. The Kier molecular flexibility index (Phi) is 3.81. The summed E-state index contributed by atoms with van der Waals surface area (Å²) in [6.45, 7) is 0. The fraction of sp³-hybridized carbons (Fsp3) is 0.0625. The van der Waals surface area contributed by atoms with Crippen molar-refractivity contribution in [2.75, 3.05) is 0 Å². The number of aromatic nitrogens is 1. The Morgan fingerprint density at radius 1 is 1.18 bits per heavy atom. The Morgan fingerprint density at radius 3 is 2.64 bits per heavy atom. The molecule has 22 heavy (non-hydrogen) atoms. The van der Waals surface area contributed by atoms with Crippen LogP contribution in [0.25, 0.3) is 22.0 Å². The number of carboxylic acid groups (broad SMARTS) is 1. The first-order chi connectivity index (χ1) is 10.5. The highest BCUT2D eigenvalue weighted by atomic mass is 35.5. The summed E-state index contributed by atoms with van der Waals surface area (Å²) in [5.41, 5.74) is 2.37. The molecule has 0 saturated carbocycles. The molecule has 1 aromatic heterocycles. The van der Waals surface area contributed by atoms with Crippen LogP contribution in [0.4, 0.5) is 4.39 Å². The Balaban J connectivity index is 2.28. The van der Waals surface area contributed by atoms with Crippen LogP contribution in [-0.4, -0.2) is 16.1 Å². The van der Waals surface area contributed by atoms with Gasteiger partial charge in [-0.05, 0) is 41.0 Å². The van der Waals surface area contributed by atoms with Crippen LogP contribution < -0.4 is 0 Å². The molecule has 0 aliphatic heterocycles. The van der Waals surface area contributed by atoms with E-state index in [2.05, 4.69) is 4.98 Å². The first kappa shape index (κ1) is 14.9. The van der Waals surface area contributed by atoms with Crippen molar-refractivity contribution in [3.63, 3.8) is 0 Å². The summed E-state index contributed by atoms with van der Waals surface area (Å²) in [4.78, 5) is 13.9. The zero-order valence-corrected chi connectivity index (χ0v) is 12.7. The molecular weight excluding hydrogens is 328 g/mol. The van der Waals surface area contributed by atoms with E-state index < -0.39 is 11.8 Å². The lowest BCUT2D eigenvalue weighted by Crippen LogP contribution is -1.99. The molecule has 0 atom stereocenters. The first-order valence-electron chi connectivity index (χ1n) is 6.42. The third kappa shape index (κ3) is 2.67. The number of carboxylic acids is 1. The maximum atomic E-state index is 13.8. The molecule has 3 aromatic rings. The summed E-state index contributed by atoms with van der Waals surface area (Å²) in [5.74, 6) is -1.37. The van der Waals surface area contributed by atoms with E-state index in [1.54, 1.807) is 24.4 Å². The largest absolute Gasteiger partial charge is 0.481 e. The standard InChI is InChI=1S/C16H10Cl2FNO2/c17-12-2-1-8(3-13(12)18)11-5-10(19)6-14-16(11)9(7-20-14)4-15(21)22/h1-3,5-7,20H,4H2,(H,21,22). The van der Waals surface area contributed by atoms with Crippen molar-refractivity contribution >= 4 is 40.1 Å². The highest BCUT2D eigenvalue weighted by molar-refractivity contribution is 6.42. The number of fused-ring (bicyclic) bond motifs is 1. The van der Waals surface area contributed by atoms with E-state index in [0.29, 0.717) is 37.6 Å². The monoisotopic (exact) mass is 337 g/mol. The van der Waals surface area contributed by atoms with Crippen molar-refractivity contribution in [2.45, 2.75) is 6.42 Å². The molecule has 2 N–H and O–H groups in total. The summed E-state index contributed by atoms with van der Waals surface area (Å²) in [7, 11) is 0. The summed E-state index contributed by atoms with van der Waals surface area (Å²) in [5, 5.41) is 10.4. The number of hydrogen-bond acceptors (Lipinski definition) is 1. The van der Waals surface area contributed by atoms with Gasteiger partial charge in [-0.25, -0.2) is 4.39 Å². The van der Waals surface area contributed by atoms with Crippen LogP contribution in [-0.2, 0) is 11.2 Å². The Morgan fingerprint density at radius 2 is 1.95 bits per heavy atom. The first-order valence-corrected chi connectivity index (χ1v) is 7.18. The Labute approximate surface area is 135 Å². The maximum absolute atomic E-state index is 13.8. The van der Waals surface area contributed by atoms with Crippen LogP contribution in [0.15, 0.2) is 36.5 Å². The lowest BCUT2D eigenvalue weighted by Gasteiger charge is -2.08. The number of H-pyrrole nitrogens is 1. The number of aromatic amines is 1. The van der Waals surface area contributed by atoms with Crippen LogP contribution in [0.1, 0.15) is 5.56 Å². The van der Waals surface area contributed by atoms with Gasteiger partial charge in [-0.2, -0.15) is 0 Å². The van der Waals surface area contributed by atoms with Gasteiger partial charge >= 0.3 is 5.97 Å². The van der Waals surface area contributed by atoms with Gasteiger partial charge in [0, 0.05) is 17.1 Å². The number of hydrogen-bond donors (Lipinski definition) is 2. The highest BCUT2D eigenvalue weighted by Gasteiger charge is 2.15. The molecule has 0 unspecified atom stereocenters. The van der Waals surface area contributed by atoms with E-state index >= 15 is 0 Å². The summed E-state index contributed by atoms with van der Waals surface area (Å²) >= 11 is 11.9. The Bertz CT molecular complexity index is 889. The zero-order valence-electron chi connectivity index (χ0n) is 11.2. The minimum Gasteiger partial charge on any atom is -0.481 e. The van der Waals surface area contributed by atoms with Gasteiger partial charge in [0.2, 0.25) is 0 Å². The van der Waals surface area contributed by atoms with Gasteiger partial charge in [-0.3, -0.25) is 4.79 Å². The van der Waals surface area contributed by atoms with Crippen molar-refractivity contribution in [3.05, 3.63) is 58.0 Å². The molecule has 0 bridgehead atoms. The number of nitrogens with one attached hydrogen (secondary N) is 1. The van der Waals surface area contributed by atoms with E-state index in [-0.39, 0.29) is 6.42 Å². The summed E-state index contributed by atoms with van der Waals surface area (Å²) in [6.07, 6.45) is 1.43. The van der Waals surface area contributed by atoms with Gasteiger partial charge < -0.3 is 10.1 Å². The quantitative estimate of drug-likeness (QED) is 0.713. The Hall–Kier alpha value is -2.04. The molecule has 0 saturated heterocycles. The van der Waals surface area contributed by atoms with Gasteiger partial charge in [0.1, 0.15) is 5.82 Å². The molecule has 3 nitrogen and oxygen atoms in total. The van der Waals surface area contributed by atoms with Crippen LogP contribution in [0, 0.1) is 5.82 Å². The molecule has 0 spiro atoms. The van der Waals surface area contributed by atoms with E-state index in [9.17, 15) is 9.18 Å². The maximum Gasteiger partial charge on any atom is 0.307 e. The number of benzene rings is 2. The molecule has 0 aliphatic rings. The second kappa shape index (κ2) is 5.63. The van der Waals surface area contributed by atoms with Crippen molar-refractivity contribution in [1.29, 1.82) is 0 Å². The summed E-state index contributed by atoms with van der Waals surface area (Å²) in [6, 6.07) is 7.68. The van der Waals surface area contributed by atoms with Gasteiger partial charge in [0.25, 0.3) is 0 Å². The third-order valence-electron chi connectivity index (χ3n) is 3.40. The average Bonchev–Trinajstić information content (AvgIpc) is 2.83. The highest BCUT2D eigenvalue weighted by Crippen LogP contribution is 2.35. The van der Waals surface area contributed by atoms with Gasteiger partial charge in [-0.15, -0.1) is 0 Å². The SMILES string of the molecule is O=C(O)Cc1c[nH]c2cc(F)cc(-c3ccc(Cl)c(Cl)c3)c12. The molecule has 6 heteroatoms. The molecule has 1 heterocycles. The molecule has 0 radical (unpaired) electrons. The topological polar surface area (TPSA) is 53.1 Å². The minimum absolute atomic E-state index is 0.153. The number of carbonyl (C=O) groups is 1. The molecular formula is C16H10Cl2FNO2. The van der Waals surface area contributed by atoms with Crippen molar-refractivity contribution in [3.8, 4) is 11.1 Å². The predicted octanol–water partition coefficient (Wildman–Crippen LogP) is 4.91. The van der Waals surface area contributed by atoms with Crippen LogP contribution in [0.5, 0.6) is 0 Å². The normalized spacial score (nSPS) is 11.0. The molecule has 0 fully saturated rings. The lowest BCUT2D eigenvalue weighted by atomic mass is 9.98. The molecule has 112 valence electrons. The van der Waals surface area contributed by atoms with Gasteiger partial charge in [-0.1, -0.05) is 29.3 Å². The average molecular weight is 338 g/mol. The fourth-order valence-electron chi connectivity index (χ4n) is 2.50. The smallest absolute Gasteiger partial charge is 0.307 e. The second-order valence-corrected chi connectivity index (χ2v) is 5.70. The van der Waals surface area contributed by atoms with Gasteiger partial charge in [0.05, 0.1) is 16.5 Å². The van der Waals surface area contributed by atoms with E-state index in [0.717, 1.165) is 0 Å². The van der Waals surface area contributed by atoms with Crippen molar-refractivity contribution < 1.29 is 14.3 Å². The van der Waals surface area contributed by atoms with E-state index in [1.807, 2.05) is 0 Å². The van der Waals surface area contributed by atoms with Crippen LogP contribution in [0.2, 0.25) is 10.0 Å². The minimum atomic E-state index is -0.953. The van der Waals surface area contributed by atoms with Gasteiger partial charge in [0.15, 0.2) is 0 Å². The molecule has 2 aromatic carbocycles. The van der Waals surface area contributed by atoms with Crippen molar-refractivity contribution in [2.24, 2.45) is 0 Å². The molecule has 0 amide bonds. The predicted molar refractivity (Wildman–Crippen MR) is 85.1 cm³/mol. The fourth-order valence-corrected chi connectivity index (χ4v) is 2.80. The lowest BCUT2D eigenvalue weighted by molar-refractivity contribution is -0.136. The summed E-state index contributed by atoms with van der Waals surface area (Å²) < 4.78 is 13.8. The number of halogens is 3. The van der Waals surface area contributed by atoms with Crippen LogP contribution in [0.3, 0.4) is 0 Å². The van der Waals surface area contributed by atoms with E-state index in [4.69, 9.17) is 28.3 Å².